The zero-order valence-electron chi connectivity index (χ0n) is 12.3. The normalized spacial score (nSPS) is 11.9. The van der Waals surface area contributed by atoms with Gasteiger partial charge in [-0.05, 0) is 61.4 Å². The monoisotopic (exact) mass is 356 g/mol. The molecular weight excluding hydrogens is 339 g/mol. The molecule has 0 aliphatic rings. The molecule has 0 saturated heterocycles. The molecule has 0 amide bonds. The molecule has 2 aromatic rings. The first kappa shape index (κ1) is 17.1. The maximum Gasteiger partial charge on any atom is 0.0699 e. The molecule has 0 aliphatic carbocycles. The van der Waals surface area contributed by atoms with E-state index in [2.05, 4.69) is 45.0 Å². The Hall–Kier alpha value is -0.280. The van der Waals surface area contributed by atoms with Gasteiger partial charge in [-0.15, -0.1) is 23.5 Å². The van der Waals surface area contributed by atoms with Crippen LogP contribution in [-0.4, -0.2) is 4.08 Å². The van der Waals surface area contributed by atoms with E-state index < -0.39 is 0 Å². The minimum Gasteiger partial charge on any atom is -0.108 e. The third kappa shape index (κ3) is 4.85. The minimum atomic E-state index is 0.0433. The first-order valence-corrected chi connectivity index (χ1v) is 9.17. The molecule has 0 nitrogen and oxygen atoms in total. The van der Waals surface area contributed by atoms with Gasteiger partial charge in [0.2, 0.25) is 0 Å². The Labute approximate surface area is 145 Å². The zero-order chi connectivity index (χ0) is 15.5. The molecular formula is C17H18Cl2S2. The highest BCUT2D eigenvalue weighted by Crippen LogP contribution is 2.50. The fraction of sp³-hybridized carbons (Fsp3) is 0.294. The van der Waals surface area contributed by atoms with Gasteiger partial charge in [-0.1, -0.05) is 37.0 Å². The predicted molar refractivity (Wildman–Crippen MR) is 97.9 cm³/mol. The third-order valence-corrected chi connectivity index (χ3v) is 7.09. The number of thioether (sulfide) groups is 2. The van der Waals surface area contributed by atoms with Crippen LogP contribution in [-0.2, 0) is 0 Å². The summed E-state index contributed by atoms with van der Waals surface area (Å²) in [4.78, 5) is 2.47. The van der Waals surface area contributed by atoms with Crippen molar-refractivity contribution in [2.24, 2.45) is 5.92 Å². The van der Waals surface area contributed by atoms with Crippen LogP contribution in [0.3, 0.4) is 0 Å². The lowest BCUT2D eigenvalue weighted by molar-refractivity contribution is 0.604. The fourth-order valence-electron chi connectivity index (χ4n) is 1.73. The summed E-state index contributed by atoms with van der Waals surface area (Å²) in [6.07, 6.45) is 0. The Kier molecular flexibility index (Phi) is 5.96. The highest BCUT2D eigenvalue weighted by molar-refractivity contribution is 8.18. The smallest absolute Gasteiger partial charge is 0.0699 e. The first-order valence-electron chi connectivity index (χ1n) is 6.78. The van der Waals surface area contributed by atoms with Crippen LogP contribution in [0, 0.1) is 5.92 Å². The van der Waals surface area contributed by atoms with Crippen LogP contribution < -0.4 is 0 Å². The predicted octanol–water partition coefficient (Wildman–Crippen LogP) is 7.25. The van der Waals surface area contributed by atoms with E-state index in [1.165, 1.54) is 9.79 Å². The van der Waals surface area contributed by atoms with Gasteiger partial charge in [0, 0.05) is 19.8 Å². The molecule has 0 spiro atoms. The van der Waals surface area contributed by atoms with Gasteiger partial charge in [-0.3, -0.25) is 0 Å². The van der Waals surface area contributed by atoms with Crippen molar-refractivity contribution in [3.05, 3.63) is 58.6 Å². The molecule has 2 aromatic carbocycles. The van der Waals surface area contributed by atoms with Gasteiger partial charge in [0.15, 0.2) is 0 Å². The van der Waals surface area contributed by atoms with Crippen molar-refractivity contribution in [3.63, 3.8) is 0 Å². The number of halogens is 2. The molecule has 0 radical (unpaired) electrons. The van der Waals surface area contributed by atoms with Crippen LogP contribution in [0.4, 0.5) is 0 Å². The SMILES string of the molecule is CC(C)C(C)(Sc1ccc(Cl)cc1)Sc1ccc(Cl)cc1. The second kappa shape index (κ2) is 7.32. The van der Waals surface area contributed by atoms with Crippen LogP contribution in [0.25, 0.3) is 0 Å². The largest absolute Gasteiger partial charge is 0.108 e. The van der Waals surface area contributed by atoms with E-state index in [1.54, 1.807) is 0 Å². The van der Waals surface area contributed by atoms with E-state index in [0.29, 0.717) is 5.92 Å². The highest BCUT2D eigenvalue weighted by Gasteiger charge is 2.31. The molecule has 4 heteroatoms. The summed E-state index contributed by atoms with van der Waals surface area (Å²) in [5.41, 5.74) is 0. The fourth-order valence-corrected chi connectivity index (χ4v) is 4.68. The molecule has 0 N–H and O–H groups in total. The maximum atomic E-state index is 5.96. The summed E-state index contributed by atoms with van der Waals surface area (Å²) >= 11 is 15.7. The number of rotatable bonds is 5. The summed E-state index contributed by atoms with van der Waals surface area (Å²) in [6.45, 7) is 6.80. The first-order chi connectivity index (χ1) is 9.89. The third-order valence-electron chi connectivity index (χ3n) is 3.32. The lowest BCUT2D eigenvalue weighted by atomic mass is 10.1. The molecule has 21 heavy (non-hydrogen) atoms. The standard InChI is InChI=1S/C17H18Cl2S2/c1-12(2)17(3,20-15-8-4-13(18)5-9-15)21-16-10-6-14(19)7-11-16/h4-12H,1-3H3. The molecule has 0 atom stereocenters. The van der Waals surface area contributed by atoms with Crippen molar-refractivity contribution in [1.82, 2.24) is 0 Å². The van der Waals surface area contributed by atoms with Crippen molar-refractivity contribution in [1.29, 1.82) is 0 Å². The van der Waals surface area contributed by atoms with Crippen molar-refractivity contribution < 1.29 is 0 Å². The quantitative estimate of drug-likeness (QED) is 0.408. The van der Waals surface area contributed by atoms with Crippen molar-refractivity contribution in [2.45, 2.75) is 34.6 Å². The average Bonchev–Trinajstić information content (AvgIpc) is 2.44. The van der Waals surface area contributed by atoms with Gasteiger partial charge in [-0.25, -0.2) is 0 Å². The Balaban J connectivity index is 2.19. The van der Waals surface area contributed by atoms with Gasteiger partial charge < -0.3 is 0 Å². The van der Waals surface area contributed by atoms with Gasteiger partial charge in [0.05, 0.1) is 4.08 Å². The Morgan fingerprint density at radius 2 is 1.10 bits per heavy atom. The molecule has 2 rings (SSSR count). The lowest BCUT2D eigenvalue weighted by Gasteiger charge is -2.32. The van der Waals surface area contributed by atoms with Gasteiger partial charge in [0.25, 0.3) is 0 Å². The summed E-state index contributed by atoms with van der Waals surface area (Å²) in [6, 6.07) is 16.1. The van der Waals surface area contributed by atoms with E-state index in [-0.39, 0.29) is 4.08 Å². The van der Waals surface area contributed by atoms with Crippen molar-refractivity contribution >= 4 is 46.7 Å². The second-order valence-corrected chi connectivity index (χ2v) is 9.46. The Morgan fingerprint density at radius 1 is 0.762 bits per heavy atom. The van der Waals surface area contributed by atoms with E-state index >= 15 is 0 Å². The molecule has 0 saturated carbocycles. The Morgan fingerprint density at radius 3 is 1.38 bits per heavy atom. The molecule has 0 fully saturated rings. The maximum absolute atomic E-state index is 5.96. The molecule has 0 unspecified atom stereocenters. The van der Waals surface area contributed by atoms with E-state index in [4.69, 9.17) is 23.2 Å². The summed E-state index contributed by atoms with van der Waals surface area (Å²) in [7, 11) is 0. The zero-order valence-corrected chi connectivity index (χ0v) is 15.4. The molecule has 0 aliphatic heterocycles. The molecule has 0 heterocycles. The molecule has 112 valence electrons. The van der Waals surface area contributed by atoms with Gasteiger partial charge in [-0.2, -0.15) is 0 Å². The lowest BCUT2D eigenvalue weighted by Crippen LogP contribution is -2.22. The summed E-state index contributed by atoms with van der Waals surface area (Å²) in [5.74, 6) is 0.513. The summed E-state index contributed by atoms with van der Waals surface area (Å²) < 4.78 is 0.0433. The number of hydrogen-bond donors (Lipinski definition) is 0. The van der Waals surface area contributed by atoms with Crippen LogP contribution in [0.5, 0.6) is 0 Å². The molecule has 0 bridgehead atoms. The van der Waals surface area contributed by atoms with Gasteiger partial charge >= 0.3 is 0 Å². The van der Waals surface area contributed by atoms with E-state index in [0.717, 1.165) is 10.0 Å². The second-order valence-electron chi connectivity index (χ2n) is 5.28. The van der Waals surface area contributed by atoms with Gasteiger partial charge in [0.1, 0.15) is 0 Å². The number of hydrogen-bond acceptors (Lipinski definition) is 2. The van der Waals surface area contributed by atoms with Crippen LogP contribution >= 0.6 is 46.7 Å². The highest BCUT2D eigenvalue weighted by atomic mass is 35.5. The average molecular weight is 357 g/mol. The Bertz CT molecular complexity index is 529. The van der Waals surface area contributed by atoms with Crippen LogP contribution in [0.2, 0.25) is 10.0 Å². The number of benzene rings is 2. The summed E-state index contributed by atoms with van der Waals surface area (Å²) in [5, 5.41) is 1.55. The minimum absolute atomic E-state index is 0.0433. The topological polar surface area (TPSA) is 0 Å². The molecule has 0 aromatic heterocycles. The van der Waals surface area contributed by atoms with Crippen molar-refractivity contribution in [2.75, 3.05) is 0 Å². The van der Waals surface area contributed by atoms with Crippen molar-refractivity contribution in [3.8, 4) is 0 Å². The van der Waals surface area contributed by atoms with Crippen LogP contribution in [0.1, 0.15) is 20.8 Å². The van der Waals surface area contributed by atoms with E-state index in [9.17, 15) is 0 Å². The van der Waals surface area contributed by atoms with E-state index in [1.807, 2.05) is 47.8 Å². The van der Waals surface area contributed by atoms with Crippen LogP contribution in [0.15, 0.2) is 58.3 Å².